The van der Waals surface area contributed by atoms with Gasteiger partial charge in [-0.1, -0.05) is 54.6 Å². The van der Waals surface area contributed by atoms with E-state index in [-0.39, 0.29) is 11.4 Å². The molecular weight excluding hydrogens is 484 g/mol. The maximum Gasteiger partial charge on any atom is 0.352 e. The number of pyridine rings is 1. The highest BCUT2D eigenvalue weighted by Gasteiger charge is 2.22. The maximum atomic E-state index is 12.2. The van der Waals surface area contributed by atoms with Gasteiger partial charge in [0.25, 0.3) is 5.69 Å². The molecule has 0 aliphatic carbocycles. The van der Waals surface area contributed by atoms with Gasteiger partial charge in [-0.2, -0.15) is 0 Å². The molecule has 0 unspecified atom stereocenters. The third-order valence-electron chi connectivity index (χ3n) is 6.51. The van der Waals surface area contributed by atoms with Gasteiger partial charge < -0.3 is 19.7 Å². The number of para-hydroxylation sites is 1. The van der Waals surface area contributed by atoms with E-state index in [1.165, 1.54) is 12.3 Å². The molecule has 0 saturated carbocycles. The van der Waals surface area contributed by atoms with Crippen molar-refractivity contribution in [1.82, 2.24) is 9.97 Å². The predicted octanol–water partition coefficient (Wildman–Crippen LogP) is 6.07. The lowest BCUT2D eigenvalue weighted by Crippen LogP contribution is -2.12. The highest BCUT2D eigenvalue weighted by molar-refractivity contribution is 6.04. The number of hydrogen-bond donors (Lipinski definition) is 2. The van der Waals surface area contributed by atoms with Crippen molar-refractivity contribution in [2.45, 2.75) is 12.8 Å². The number of benzene rings is 3. The summed E-state index contributed by atoms with van der Waals surface area (Å²) in [5, 5.41) is 24.3. The van der Waals surface area contributed by atoms with Crippen molar-refractivity contribution >= 4 is 39.1 Å². The molecule has 0 fully saturated rings. The van der Waals surface area contributed by atoms with Gasteiger partial charge in [0.2, 0.25) is 0 Å². The number of aromatic amines is 1. The molecule has 0 aliphatic heterocycles. The van der Waals surface area contributed by atoms with Crippen LogP contribution in [0.15, 0.2) is 72.9 Å². The van der Waals surface area contributed by atoms with Crippen molar-refractivity contribution in [3.05, 3.63) is 94.3 Å². The topological polar surface area (TPSA) is 122 Å². The largest absolute Gasteiger partial charge is 0.493 e. The van der Waals surface area contributed by atoms with Crippen molar-refractivity contribution in [2.75, 3.05) is 25.6 Å². The third kappa shape index (κ3) is 4.61. The Kier molecular flexibility index (Phi) is 6.66. The average molecular weight is 511 g/mol. The number of hydrogen-bond acceptors (Lipinski definition) is 6. The SMILES string of the molecule is CN(C)c1ncc([N+](=O)[O-])cc1-c1cccc2c(CCCOc3cccc4ccccc34)c(C(=O)O)[nH]c12. The van der Waals surface area contributed by atoms with E-state index in [9.17, 15) is 20.0 Å². The number of aromatic carboxylic acids is 1. The highest BCUT2D eigenvalue weighted by atomic mass is 16.6. The molecule has 0 saturated heterocycles. The number of anilines is 1. The summed E-state index contributed by atoms with van der Waals surface area (Å²) in [4.78, 5) is 32.3. The summed E-state index contributed by atoms with van der Waals surface area (Å²) in [7, 11) is 3.60. The summed E-state index contributed by atoms with van der Waals surface area (Å²) in [6.07, 6.45) is 2.29. The standard InChI is InChI=1S/C29H26N4O5/c1-32(2)28-24(16-19(17-30-28)33(36)37)23-12-6-11-21-22(27(29(34)35)31-26(21)23)13-7-15-38-25-14-5-9-18-8-3-4-10-20(18)25/h3-6,8-12,14,16-17,31H,7,13,15H2,1-2H3,(H,34,35). The maximum absolute atomic E-state index is 12.2. The van der Waals surface area contributed by atoms with Gasteiger partial charge in [-0.05, 0) is 29.9 Å². The molecule has 2 N–H and O–H groups in total. The Morgan fingerprint density at radius 1 is 1.05 bits per heavy atom. The Balaban J connectivity index is 1.48. The molecule has 0 atom stereocenters. The molecule has 0 amide bonds. The number of fused-ring (bicyclic) bond motifs is 2. The van der Waals surface area contributed by atoms with Crippen LogP contribution in [-0.4, -0.2) is 46.7 Å². The third-order valence-corrected chi connectivity index (χ3v) is 6.51. The zero-order chi connectivity index (χ0) is 26.8. The highest BCUT2D eigenvalue weighted by Crippen LogP contribution is 2.37. The van der Waals surface area contributed by atoms with Crippen LogP contribution in [0.2, 0.25) is 0 Å². The van der Waals surface area contributed by atoms with Crippen LogP contribution >= 0.6 is 0 Å². The zero-order valence-corrected chi connectivity index (χ0v) is 21.0. The lowest BCUT2D eigenvalue weighted by Gasteiger charge is -2.16. The van der Waals surface area contributed by atoms with Crippen LogP contribution in [0, 0.1) is 10.1 Å². The van der Waals surface area contributed by atoms with Crippen LogP contribution in [-0.2, 0) is 6.42 Å². The van der Waals surface area contributed by atoms with Gasteiger partial charge in [0.1, 0.15) is 23.5 Å². The number of H-pyrrole nitrogens is 1. The van der Waals surface area contributed by atoms with Crippen molar-refractivity contribution in [3.8, 4) is 16.9 Å². The molecule has 9 nitrogen and oxygen atoms in total. The predicted molar refractivity (Wildman–Crippen MR) is 147 cm³/mol. The van der Waals surface area contributed by atoms with Crippen LogP contribution in [0.25, 0.3) is 32.8 Å². The van der Waals surface area contributed by atoms with Gasteiger partial charge in [-0.3, -0.25) is 10.1 Å². The first-order valence-corrected chi connectivity index (χ1v) is 12.1. The quantitative estimate of drug-likeness (QED) is 0.140. The van der Waals surface area contributed by atoms with Crippen LogP contribution in [0.1, 0.15) is 22.5 Å². The van der Waals surface area contributed by atoms with E-state index in [0.717, 1.165) is 21.9 Å². The molecule has 5 aromatic rings. The molecule has 2 heterocycles. The molecule has 0 aliphatic rings. The van der Waals surface area contributed by atoms with Gasteiger partial charge in [0, 0.05) is 42.1 Å². The van der Waals surface area contributed by atoms with E-state index in [1.807, 2.05) is 60.7 Å². The number of nitrogens with zero attached hydrogens (tertiary/aromatic N) is 3. The fourth-order valence-corrected chi connectivity index (χ4v) is 4.79. The Morgan fingerprint density at radius 3 is 2.55 bits per heavy atom. The summed E-state index contributed by atoms with van der Waals surface area (Å²) in [6, 6.07) is 20.9. The Morgan fingerprint density at radius 2 is 1.79 bits per heavy atom. The summed E-state index contributed by atoms with van der Waals surface area (Å²) >= 11 is 0. The van der Waals surface area contributed by atoms with E-state index >= 15 is 0 Å². The van der Waals surface area contributed by atoms with E-state index in [0.29, 0.717) is 47.5 Å². The summed E-state index contributed by atoms with van der Waals surface area (Å²) in [6.45, 7) is 0.416. The lowest BCUT2D eigenvalue weighted by atomic mass is 9.99. The molecular formula is C29H26N4O5. The Hall–Kier alpha value is -4.92. The minimum Gasteiger partial charge on any atom is -0.493 e. The molecule has 0 radical (unpaired) electrons. The van der Waals surface area contributed by atoms with Crippen molar-refractivity contribution < 1.29 is 19.6 Å². The van der Waals surface area contributed by atoms with Crippen molar-refractivity contribution in [1.29, 1.82) is 0 Å². The minimum atomic E-state index is -1.07. The molecule has 3 aromatic carbocycles. The zero-order valence-electron chi connectivity index (χ0n) is 21.0. The number of carboxylic acids is 1. The fourth-order valence-electron chi connectivity index (χ4n) is 4.79. The summed E-state index contributed by atoms with van der Waals surface area (Å²) in [5.74, 6) is 0.263. The number of aryl methyl sites for hydroxylation is 1. The molecule has 2 aromatic heterocycles. The number of rotatable bonds is 9. The fraction of sp³-hybridized carbons (Fsp3) is 0.172. The number of aromatic nitrogens is 2. The summed E-state index contributed by atoms with van der Waals surface area (Å²) in [5.41, 5.74) is 2.41. The molecule has 9 heteroatoms. The first-order valence-electron chi connectivity index (χ1n) is 12.1. The molecule has 0 spiro atoms. The smallest absolute Gasteiger partial charge is 0.352 e. The van der Waals surface area contributed by atoms with Crippen LogP contribution in [0.5, 0.6) is 5.75 Å². The number of carbonyl (C=O) groups is 1. The molecule has 192 valence electrons. The minimum absolute atomic E-state index is 0.0994. The second-order valence-electron chi connectivity index (χ2n) is 9.16. The van der Waals surface area contributed by atoms with E-state index < -0.39 is 10.9 Å². The normalized spacial score (nSPS) is 11.1. The monoisotopic (exact) mass is 510 g/mol. The van der Waals surface area contributed by atoms with Gasteiger partial charge in [0.05, 0.1) is 17.0 Å². The van der Waals surface area contributed by atoms with Crippen LogP contribution in [0.3, 0.4) is 0 Å². The van der Waals surface area contributed by atoms with Crippen LogP contribution < -0.4 is 9.64 Å². The lowest BCUT2D eigenvalue weighted by molar-refractivity contribution is -0.385. The molecule has 38 heavy (non-hydrogen) atoms. The number of ether oxygens (including phenoxy) is 1. The Bertz CT molecular complexity index is 1670. The summed E-state index contributed by atoms with van der Waals surface area (Å²) < 4.78 is 6.07. The van der Waals surface area contributed by atoms with Crippen molar-refractivity contribution in [2.24, 2.45) is 0 Å². The van der Waals surface area contributed by atoms with Gasteiger partial charge in [0.15, 0.2) is 0 Å². The number of nitro groups is 1. The second kappa shape index (κ2) is 10.2. The van der Waals surface area contributed by atoms with E-state index in [4.69, 9.17) is 4.74 Å². The Labute approximate surface area is 218 Å². The first kappa shape index (κ1) is 24.8. The number of carboxylic acid groups (broad SMARTS) is 1. The molecule has 0 bridgehead atoms. The second-order valence-corrected chi connectivity index (χ2v) is 9.16. The molecule has 5 rings (SSSR count). The van der Waals surface area contributed by atoms with Gasteiger partial charge >= 0.3 is 5.97 Å². The van der Waals surface area contributed by atoms with Gasteiger partial charge in [-0.15, -0.1) is 0 Å². The van der Waals surface area contributed by atoms with Gasteiger partial charge in [-0.25, -0.2) is 9.78 Å². The van der Waals surface area contributed by atoms with E-state index in [2.05, 4.69) is 9.97 Å². The van der Waals surface area contributed by atoms with Crippen LogP contribution in [0.4, 0.5) is 11.5 Å². The van der Waals surface area contributed by atoms with E-state index in [1.54, 1.807) is 19.0 Å². The average Bonchev–Trinajstić information content (AvgIpc) is 3.30. The van der Waals surface area contributed by atoms with Crippen molar-refractivity contribution in [3.63, 3.8) is 0 Å². The number of nitrogens with one attached hydrogen (secondary N) is 1. The first-order chi connectivity index (χ1) is 18.3.